The maximum Gasteiger partial charge on any atom is 0.179 e. The summed E-state index contributed by atoms with van der Waals surface area (Å²) >= 11 is 2.74. The normalized spacial score (nSPS) is 10.8. The fourth-order valence-corrected chi connectivity index (χ4v) is 3.29. The minimum absolute atomic E-state index is 0.133. The molecule has 0 unspecified atom stereocenters. The van der Waals surface area contributed by atoms with Crippen molar-refractivity contribution in [3.8, 4) is 11.5 Å². The van der Waals surface area contributed by atoms with Crippen molar-refractivity contribution in [2.24, 2.45) is 0 Å². The third-order valence-corrected chi connectivity index (χ3v) is 4.52. The molecule has 2 aromatic rings. The number of hydrogen-bond acceptors (Lipinski definition) is 7. The Kier molecular flexibility index (Phi) is 4.62. The van der Waals surface area contributed by atoms with Crippen molar-refractivity contribution in [2.75, 3.05) is 13.7 Å². The van der Waals surface area contributed by atoms with E-state index < -0.39 is 0 Å². The van der Waals surface area contributed by atoms with Crippen molar-refractivity contribution in [1.82, 2.24) is 10.2 Å². The van der Waals surface area contributed by atoms with Crippen LogP contribution in [0.3, 0.4) is 0 Å². The van der Waals surface area contributed by atoms with Crippen LogP contribution in [-0.2, 0) is 11.2 Å². The van der Waals surface area contributed by atoms with Gasteiger partial charge in [-0.2, -0.15) is 0 Å². The summed E-state index contributed by atoms with van der Waals surface area (Å²) in [5.41, 5.74) is 0.639. The van der Waals surface area contributed by atoms with Crippen molar-refractivity contribution in [1.29, 1.82) is 0 Å². The Bertz CT molecular complexity index is 572. The summed E-state index contributed by atoms with van der Waals surface area (Å²) in [6, 6.07) is 3.07. The lowest BCUT2D eigenvalue weighted by Gasteiger charge is -2.04. The molecule has 102 valence electrons. The number of hydrogen-bond donors (Lipinski definition) is 2. The van der Waals surface area contributed by atoms with Gasteiger partial charge in [-0.3, -0.25) is 0 Å². The molecule has 0 radical (unpaired) electrons. The van der Waals surface area contributed by atoms with Gasteiger partial charge in [0.1, 0.15) is 16.5 Å². The Labute approximate surface area is 119 Å². The molecule has 0 atom stereocenters. The van der Waals surface area contributed by atoms with Gasteiger partial charge in [0.25, 0.3) is 0 Å². The molecule has 1 aromatic heterocycles. The second-order valence-corrected chi connectivity index (χ2v) is 6.26. The molecule has 2 rings (SSSR count). The first-order chi connectivity index (χ1) is 9.10. The maximum atomic E-state index is 9.83. The van der Waals surface area contributed by atoms with Gasteiger partial charge >= 0.3 is 0 Å². The van der Waals surface area contributed by atoms with Crippen LogP contribution in [0.1, 0.15) is 10.6 Å². The van der Waals surface area contributed by atoms with Gasteiger partial charge in [0.05, 0.1) is 11.5 Å². The Balaban J connectivity index is 2.12. The zero-order chi connectivity index (χ0) is 13.8. The summed E-state index contributed by atoms with van der Waals surface area (Å²) in [6.45, 7) is 2.34. The zero-order valence-electron chi connectivity index (χ0n) is 10.6. The summed E-state index contributed by atoms with van der Waals surface area (Å²) in [7, 11) is 1.64. The fourth-order valence-electron chi connectivity index (χ4n) is 1.41. The summed E-state index contributed by atoms with van der Waals surface area (Å²) < 4.78 is 5.71. The molecule has 5 nitrogen and oxygen atoms in total. The van der Waals surface area contributed by atoms with E-state index in [1.165, 1.54) is 35.2 Å². The van der Waals surface area contributed by atoms with E-state index in [0.29, 0.717) is 17.1 Å². The number of aryl methyl sites for hydroxylation is 1. The Morgan fingerprint density at radius 3 is 2.79 bits per heavy atom. The fraction of sp³-hybridized carbons (Fsp3) is 0.333. The van der Waals surface area contributed by atoms with Crippen molar-refractivity contribution in [3.05, 3.63) is 22.7 Å². The lowest BCUT2D eigenvalue weighted by atomic mass is 10.2. The molecule has 0 amide bonds. The quantitative estimate of drug-likeness (QED) is 0.826. The monoisotopic (exact) mass is 298 g/mol. The van der Waals surface area contributed by atoms with E-state index in [1.54, 1.807) is 14.0 Å². The van der Waals surface area contributed by atoms with E-state index in [9.17, 15) is 10.2 Å². The maximum absolute atomic E-state index is 9.83. The highest BCUT2D eigenvalue weighted by Gasteiger charge is 2.11. The molecule has 0 spiro atoms. The van der Waals surface area contributed by atoms with Crippen LogP contribution in [0, 0.1) is 6.92 Å². The highest BCUT2D eigenvalue weighted by molar-refractivity contribution is 8.01. The van der Waals surface area contributed by atoms with Crippen LogP contribution >= 0.6 is 23.1 Å². The molecule has 1 aromatic carbocycles. The molecule has 2 N–H and O–H groups in total. The van der Waals surface area contributed by atoms with Crippen LogP contribution in [0.15, 0.2) is 21.4 Å². The van der Waals surface area contributed by atoms with Crippen LogP contribution in [0.2, 0.25) is 0 Å². The number of benzene rings is 1. The van der Waals surface area contributed by atoms with E-state index in [4.69, 9.17) is 4.74 Å². The number of ether oxygens (including phenoxy) is 1. The topological polar surface area (TPSA) is 75.5 Å². The largest absolute Gasteiger partial charge is 0.508 e. The third-order valence-electron chi connectivity index (χ3n) is 2.44. The molecule has 0 saturated heterocycles. The second kappa shape index (κ2) is 6.23. The first-order valence-corrected chi connectivity index (χ1v) is 7.25. The van der Waals surface area contributed by atoms with Gasteiger partial charge in [0, 0.05) is 13.5 Å². The number of phenolic OH excluding ortho intramolecular Hbond substituents is 2. The summed E-state index contributed by atoms with van der Waals surface area (Å²) in [5, 5.41) is 28.5. The standard InChI is InChI=1S/C12H14N2O3S2/c1-7-5-9(16)10(6-8(7)15)18-12-14-13-11(19-12)3-4-17-2/h5-6,15-16H,3-4H2,1-2H3. The number of phenols is 2. The van der Waals surface area contributed by atoms with Gasteiger partial charge in [-0.1, -0.05) is 23.1 Å². The predicted molar refractivity (Wildman–Crippen MR) is 74.1 cm³/mol. The highest BCUT2D eigenvalue weighted by atomic mass is 32.2. The molecule has 0 fully saturated rings. The predicted octanol–water partition coefficient (Wildman–Crippen LogP) is 2.60. The van der Waals surface area contributed by atoms with Gasteiger partial charge in [-0.15, -0.1) is 10.2 Å². The van der Waals surface area contributed by atoms with Crippen molar-refractivity contribution < 1.29 is 14.9 Å². The lowest BCUT2D eigenvalue weighted by Crippen LogP contribution is -1.92. The molecule has 0 bridgehead atoms. The molecule has 7 heteroatoms. The van der Waals surface area contributed by atoms with E-state index in [1.807, 2.05) is 0 Å². The lowest BCUT2D eigenvalue weighted by molar-refractivity contribution is 0.202. The zero-order valence-corrected chi connectivity index (χ0v) is 12.2. The first-order valence-electron chi connectivity index (χ1n) is 5.62. The second-order valence-electron chi connectivity index (χ2n) is 3.91. The van der Waals surface area contributed by atoms with Gasteiger partial charge in [0.2, 0.25) is 0 Å². The summed E-state index contributed by atoms with van der Waals surface area (Å²) in [4.78, 5) is 0.567. The van der Waals surface area contributed by atoms with Crippen molar-refractivity contribution >= 4 is 23.1 Å². The minimum atomic E-state index is 0.133. The Morgan fingerprint density at radius 1 is 1.26 bits per heavy atom. The van der Waals surface area contributed by atoms with E-state index in [2.05, 4.69) is 10.2 Å². The van der Waals surface area contributed by atoms with Crippen LogP contribution in [0.4, 0.5) is 0 Å². The average molecular weight is 298 g/mol. The molecule has 0 saturated carbocycles. The number of aromatic hydroxyl groups is 2. The van der Waals surface area contributed by atoms with Crippen molar-refractivity contribution in [2.45, 2.75) is 22.6 Å². The first kappa shape index (κ1) is 14.1. The van der Waals surface area contributed by atoms with Crippen LogP contribution in [0.5, 0.6) is 11.5 Å². The van der Waals surface area contributed by atoms with Gasteiger partial charge in [-0.25, -0.2) is 0 Å². The third kappa shape index (κ3) is 3.59. The smallest absolute Gasteiger partial charge is 0.179 e. The molecule has 19 heavy (non-hydrogen) atoms. The van der Waals surface area contributed by atoms with Gasteiger partial charge in [0.15, 0.2) is 4.34 Å². The van der Waals surface area contributed by atoms with E-state index in [0.717, 1.165) is 15.8 Å². The molecule has 0 aliphatic heterocycles. The van der Waals surface area contributed by atoms with Crippen LogP contribution in [0.25, 0.3) is 0 Å². The van der Waals surface area contributed by atoms with E-state index in [-0.39, 0.29) is 11.5 Å². The Morgan fingerprint density at radius 2 is 2.05 bits per heavy atom. The average Bonchev–Trinajstić information content (AvgIpc) is 2.81. The molecular weight excluding hydrogens is 284 g/mol. The number of methoxy groups -OCH3 is 1. The summed E-state index contributed by atoms with van der Waals surface area (Å²) in [6.07, 6.45) is 0.722. The van der Waals surface area contributed by atoms with Crippen LogP contribution < -0.4 is 0 Å². The summed E-state index contributed by atoms with van der Waals surface area (Å²) in [5.74, 6) is 0.290. The van der Waals surface area contributed by atoms with Gasteiger partial charge in [-0.05, 0) is 24.6 Å². The van der Waals surface area contributed by atoms with E-state index >= 15 is 0 Å². The van der Waals surface area contributed by atoms with Crippen LogP contribution in [-0.4, -0.2) is 34.1 Å². The molecule has 0 aliphatic rings. The SMILES string of the molecule is COCCc1nnc(Sc2cc(O)c(C)cc2O)s1. The Hall–Kier alpha value is -1.31. The highest BCUT2D eigenvalue weighted by Crippen LogP contribution is 2.39. The van der Waals surface area contributed by atoms with Gasteiger partial charge < -0.3 is 14.9 Å². The number of aromatic nitrogens is 2. The number of rotatable bonds is 5. The minimum Gasteiger partial charge on any atom is -0.508 e. The number of nitrogens with zero attached hydrogens (tertiary/aromatic N) is 2. The van der Waals surface area contributed by atoms with Crippen molar-refractivity contribution in [3.63, 3.8) is 0 Å². The molecule has 0 aliphatic carbocycles. The molecular formula is C12H14N2O3S2. The molecule has 1 heterocycles.